The summed E-state index contributed by atoms with van der Waals surface area (Å²) in [5.41, 5.74) is 0. The minimum absolute atomic E-state index is 0.0271. The molecule has 0 heterocycles. The smallest absolute Gasteiger partial charge is 0.462 e. The first-order valence-electron chi connectivity index (χ1n) is 41.2. The maximum absolute atomic E-state index is 13.1. The Balaban J connectivity index is 5.39. The summed E-state index contributed by atoms with van der Waals surface area (Å²) < 4.78 is 68.6. The Morgan fingerprint density at radius 3 is 0.833 bits per heavy atom. The van der Waals surface area contributed by atoms with Crippen molar-refractivity contribution in [1.29, 1.82) is 0 Å². The molecule has 0 bridgehead atoms. The second kappa shape index (κ2) is 75.7. The van der Waals surface area contributed by atoms with Crippen LogP contribution in [0.25, 0.3) is 0 Å². The fourth-order valence-electron chi connectivity index (χ4n) is 11.4. The predicted molar refractivity (Wildman–Crippen MR) is 418 cm³/mol. The zero-order chi connectivity index (χ0) is 74.6. The number of hydrogen-bond donors (Lipinski definition) is 3. The van der Waals surface area contributed by atoms with Gasteiger partial charge in [-0.1, -0.05) is 332 Å². The Morgan fingerprint density at radius 2 is 0.500 bits per heavy atom. The molecule has 102 heavy (non-hydrogen) atoms. The number of carbonyl (C=O) groups excluding carboxylic acids is 4. The molecule has 5 atom stereocenters. The lowest BCUT2D eigenvalue weighted by Gasteiger charge is -2.21. The molecule has 0 amide bonds. The second-order valence-electron chi connectivity index (χ2n) is 27.7. The maximum atomic E-state index is 13.1. The summed E-state index contributed by atoms with van der Waals surface area (Å²) in [6, 6.07) is 0. The number of phosphoric acid groups is 2. The van der Waals surface area contributed by atoms with E-state index in [9.17, 15) is 43.2 Å². The average Bonchev–Trinajstić information content (AvgIpc) is 0.924. The third kappa shape index (κ3) is 74.8. The van der Waals surface area contributed by atoms with E-state index in [1.807, 2.05) is 18.2 Å². The molecule has 3 N–H and O–H groups in total. The number of phosphoric ester groups is 2. The molecule has 594 valence electrons. The van der Waals surface area contributed by atoms with Crippen molar-refractivity contribution in [2.75, 3.05) is 39.6 Å². The molecule has 0 rings (SSSR count). The lowest BCUT2D eigenvalue weighted by Crippen LogP contribution is -2.30. The quantitative estimate of drug-likeness (QED) is 0.0169. The van der Waals surface area contributed by atoms with E-state index in [1.165, 1.54) is 180 Å². The number of aliphatic hydroxyl groups is 1. The molecule has 0 aliphatic carbocycles. The molecule has 0 saturated heterocycles. The molecular formula is C83H150O17P2. The molecule has 0 aromatic rings. The van der Waals surface area contributed by atoms with E-state index in [2.05, 4.69) is 82.4 Å². The molecule has 0 aromatic heterocycles. The van der Waals surface area contributed by atoms with Gasteiger partial charge in [0.25, 0.3) is 0 Å². The highest BCUT2D eigenvalue weighted by atomic mass is 31.2. The number of aliphatic hydroxyl groups excluding tert-OH is 1. The van der Waals surface area contributed by atoms with E-state index >= 15 is 0 Å². The van der Waals surface area contributed by atoms with Gasteiger partial charge in [0.1, 0.15) is 19.3 Å². The molecule has 0 radical (unpaired) electrons. The highest BCUT2D eigenvalue weighted by Gasteiger charge is 2.30. The van der Waals surface area contributed by atoms with Crippen LogP contribution in [0.1, 0.15) is 374 Å². The van der Waals surface area contributed by atoms with Crippen molar-refractivity contribution in [3.05, 3.63) is 72.9 Å². The Morgan fingerprint density at radius 1 is 0.275 bits per heavy atom. The van der Waals surface area contributed by atoms with Crippen molar-refractivity contribution in [1.82, 2.24) is 0 Å². The lowest BCUT2D eigenvalue weighted by atomic mass is 10.0. The maximum Gasteiger partial charge on any atom is 0.472 e. The molecule has 0 aliphatic heterocycles. The van der Waals surface area contributed by atoms with E-state index in [0.29, 0.717) is 32.1 Å². The third-order valence-corrected chi connectivity index (χ3v) is 19.6. The van der Waals surface area contributed by atoms with E-state index in [-0.39, 0.29) is 25.7 Å². The zero-order valence-corrected chi connectivity index (χ0v) is 66.8. The van der Waals surface area contributed by atoms with Crippen molar-refractivity contribution in [2.24, 2.45) is 0 Å². The summed E-state index contributed by atoms with van der Waals surface area (Å²) in [5.74, 6) is -2.25. The topological polar surface area (TPSA) is 237 Å². The van der Waals surface area contributed by atoms with Gasteiger partial charge in [-0.3, -0.25) is 37.3 Å². The van der Waals surface area contributed by atoms with Crippen LogP contribution >= 0.6 is 15.6 Å². The van der Waals surface area contributed by atoms with Gasteiger partial charge >= 0.3 is 39.5 Å². The standard InChI is InChI=1S/C83H150O17P2/c1-5-9-13-17-21-25-29-33-36-37-38-39-42-46-50-54-58-62-66-70-83(88)100-78(73-93-80(85)67-63-59-55-51-47-43-32-28-24-20-16-12-8-4)75-97-101(89,90)95-71-77(84)72-96-102(91,92)98-76-79(99-82(87)69-65-61-57-53-49-45-41-35-31-27-23-19-15-11-7-3)74-94-81(86)68-64-60-56-52-48-44-40-34-30-26-22-18-14-10-6-2/h21,25,28,32-33,36,38-39,46,50,58,62,77-79,84H,5-20,22-24,26-27,29-31,34-35,37,40-45,47-49,51-57,59-61,63-76H2,1-4H3,(H,89,90)(H,91,92)/b25-21-,32-28-,36-33-,39-38-,50-46-,62-58-/t77-,78-,79-/m1/s1. The van der Waals surface area contributed by atoms with Gasteiger partial charge in [-0.15, -0.1) is 0 Å². The van der Waals surface area contributed by atoms with Crippen LogP contribution in [0.15, 0.2) is 72.9 Å². The van der Waals surface area contributed by atoms with Crippen molar-refractivity contribution in [2.45, 2.75) is 393 Å². The van der Waals surface area contributed by atoms with Crippen molar-refractivity contribution >= 4 is 39.5 Å². The minimum atomic E-state index is -4.99. The molecule has 0 aromatic carbocycles. The van der Waals surface area contributed by atoms with Gasteiger partial charge in [-0.2, -0.15) is 0 Å². The van der Waals surface area contributed by atoms with Gasteiger partial charge in [0.15, 0.2) is 12.2 Å². The van der Waals surface area contributed by atoms with Crippen molar-refractivity contribution < 1.29 is 80.2 Å². The summed E-state index contributed by atoms with van der Waals surface area (Å²) in [6.45, 7) is 4.82. The second-order valence-corrected chi connectivity index (χ2v) is 30.6. The van der Waals surface area contributed by atoms with Gasteiger partial charge < -0.3 is 33.8 Å². The van der Waals surface area contributed by atoms with E-state index < -0.39 is 97.5 Å². The largest absolute Gasteiger partial charge is 0.472 e. The van der Waals surface area contributed by atoms with Crippen molar-refractivity contribution in [3.8, 4) is 0 Å². The molecule has 0 spiro atoms. The van der Waals surface area contributed by atoms with Gasteiger partial charge in [0, 0.05) is 25.7 Å². The molecule has 17 nitrogen and oxygen atoms in total. The normalized spacial score (nSPS) is 14.2. The highest BCUT2D eigenvalue weighted by Crippen LogP contribution is 2.45. The van der Waals surface area contributed by atoms with E-state index in [0.717, 1.165) is 109 Å². The Labute approximate surface area is 622 Å². The van der Waals surface area contributed by atoms with Crippen LogP contribution in [0.5, 0.6) is 0 Å². The first-order chi connectivity index (χ1) is 49.7. The Kier molecular flexibility index (Phi) is 73.1. The molecule has 0 fully saturated rings. The summed E-state index contributed by atoms with van der Waals surface area (Å²) in [5, 5.41) is 10.6. The Hall–Kier alpha value is -3.50. The van der Waals surface area contributed by atoms with Gasteiger partial charge in [-0.25, -0.2) is 9.13 Å². The molecule has 19 heteroatoms. The molecule has 0 saturated carbocycles. The third-order valence-electron chi connectivity index (χ3n) is 17.7. The van der Waals surface area contributed by atoms with Crippen LogP contribution in [0.2, 0.25) is 0 Å². The summed E-state index contributed by atoms with van der Waals surface area (Å²) >= 11 is 0. The first kappa shape index (κ1) is 98.5. The fraction of sp³-hybridized carbons (Fsp3) is 0.807. The number of carbonyl (C=O) groups is 4. The lowest BCUT2D eigenvalue weighted by molar-refractivity contribution is -0.161. The van der Waals surface area contributed by atoms with Gasteiger partial charge in [0.2, 0.25) is 0 Å². The van der Waals surface area contributed by atoms with Crippen LogP contribution in [0, 0.1) is 0 Å². The van der Waals surface area contributed by atoms with Crippen LogP contribution in [0.3, 0.4) is 0 Å². The Bertz CT molecular complexity index is 2210. The van der Waals surface area contributed by atoms with Crippen LogP contribution in [-0.2, 0) is 65.4 Å². The number of esters is 4. The van der Waals surface area contributed by atoms with Crippen LogP contribution in [-0.4, -0.2) is 96.7 Å². The van der Waals surface area contributed by atoms with E-state index in [1.54, 1.807) is 0 Å². The monoisotopic (exact) mass is 1480 g/mol. The summed E-state index contributed by atoms with van der Waals surface area (Å²) in [7, 11) is -9.97. The SMILES string of the molecule is CCCCC/C=C\C/C=C\C/C=C\C/C=C\C/C=C\CCC(=O)O[C@H](COC(=O)CCCCCCC/C=C\CCCCCC)COP(=O)(O)OC[C@@H](O)COP(=O)(O)OC[C@@H](COC(=O)CCCCCCCCCCCCCCCCC)OC(=O)CCCCCCCCCCCCCCCCC. The summed E-state index contributed by atoms with van der Waals surface area (Å²) in [4.78, 5) is 73.0. The van der Waals surface area contributed by atoms with E-state index in [4.69, 9.17) is 37.0 Å². The number of ether oxygens (including phenoxy) is 4. The molecular weight excluding hydrogens is 1330 g/mol. The first-order valence-corrected chi connectivity index (χ1v) is 44.2. The number of hydrogen-bond acceptors (Lipinski definition) is 15. The van der Waals surface area contributed by atoms with Crippen LogP contribution in [0.4, 0.5) is 0 Å². The van der Waals surface area contributed by atoms with Crippen molar-refractivity contribution in [3.63, 3.8) is 0 Å². The van der Waals surface area contributed by atoms with Gasteiger partial charge in [0.05, 0.1) is 26.4 Å². The zero-order valence-electron chi connectivity index (χ0n) is 65.0. The van der Waals surface area contributed by atoms with Crippen LogP contribution < -0.4 is 0 Å². The highest BCUT2D eigenvalue weighted by molar-refractivity contribution is 7.47. The molecule has 2 unspecified atom stereocenters. The molecule has 0 aliphatic rings. The fourth-order valence-corrected chi connectivity index (χ4v) is 13.0. The number of allylic oxidation sites excluding steroid dienone is 12. The number of rotatable bonds is 78. The van der Waals surface area contributed by atoms with Gasteiger partial charge in [-0.05, 0) is 89.9 Å². The summed E-state index contributed by atoms with van der Waals surface area (Å²) in [6.07, 6.45) is 77.4. The predicted octanol–water partition coefficient (Wildman–Crippen LogP) is 24.0. The average molecular weight is 1480 g/mol. The number of unbranched alkanes of at least 4 members (excludes halogenated alkanes) is 40. The minimum Gasteiger partial charge on any atom is -0.462 e.